The molecule has 21 heavy (non-hydrogen) atoms. The molecule has 4 heteroatoms. The lowest BCUT2D eigenvalue weighted by molar-refractivity contribution is -0.120. The molecule has 1 aromatic carbocycles. The fourth-order valence-corrected chi connectivity index (χ4v) is 2.78. The van der Waals surface area contributed by atoms with Gasteiger partial charge in [-0.05, 0) is 45.5 Å². The Balaban J connectivity index is 1.83. The molecule has 0 bridgehead atoms. The Labute approximate surface area is 128 Å². The van der Waals surface area contributed by atoms with Gasteiger partial charge in [0.15, 0.2) is 0 Å². The molecule has 0 saturated heterocycles. The molecule has 0 saturated carbocycles. The van der Waals surface area contributed by atoms with Gasteiger partial charge in [-0.3, -0.25) is 4.79 Å². The summed E-state index contributed by atoms with van der Waals surface area (Å²) in [6.45, 7) is 5.61. The molecule has 4 nitrogen and oxygen atoms in total. The fourth-order valence-electron chi connectivity index (χ4n) is 2.78. The van der Waals surface area contributed by atoms with Crippen molar-refractivity contribution in [3.63, 3.8) is 0 Å². The van der Waals surface area contributed by atoms with Crippen LogP contribution in [0.4, 0.5) is 5.69 Å². The molecular formula is C17H27N3O. The van der Waals surface area contributed by atoms with Crippen LogP contribution in [0.1, 0.15) is 24.0 Å². The zero-order valence-electron chi connectivity index (χ0n) is 13.5. The molecule has 0 radical (unpaired) electrons. The number of nitrogens with zero attached hydrogens (tertiary/aromatic N) is 2. The van der Waals surface area contributed by atoms with Crippen LogP contribution in [0, 0.1) is 6.92 Å². The summed E-state index contributed by atoms with van der Waals surface area (Å²) in [5.74, 6) is 0.149. The van der Waals surface area contributed by atoms with Crippen LogP contribution in [0.2, 0.25) is 0 Å². The summed E-state index contributed by atoms with van der Waals surface area (Å²) in [7, 11) is 4.03. The van der Waals surface area contributed by atoms with Gasteiger partial charge in [-0.25, -0.2) is 0 Å². The van der Waals surface area contributed by atoms with Crippen molar-refractivity contribution in [2.24, 2.45) is 0 Å². The van der Waals surface area contributed by atoms with E-state index in [-0.39, 0.29) is 5.91 Å². The summed E-state index contributed by atoms with van der Waals surface area (Å²) in [4.78, 5) is 16.3. The second-order valence-corrected chi connectivity index (χ2v) is 6.13. The normalized spacial score (nSPS) is 14.2. The van der Waals surface area contributed by atoms with Gasteiger partial charge in [-0.1, -0.05) is 17.7 Å². The third kappa shape index (κ3) is 4.74. The topological polar surface area (TPSA) is 35.6 Å². The Morgan fingerprint density at radius 3 is 2.95 bits per heavy atom. The molecule has 1 aliphatic heterocycles. The first-order valence-corrected chi connectivity index (χ1v) is 7.82. The van der Waals surface area contributed by atoms with E-state index in [4.69, 9.17) is 0 Å². The lowest BCUT2D eigenvalue weighted by Crippen LogP contribution is -2.36. The van der Waals surface area contributed by atoms with Gasteiger partial charge < -0.3 is 15.1 Å². The highest BCUT2D eigenvalue weighted by Gasteiger charge is 2.17. The summed E-state index contributed by atoms with van der Waals surface area (Å²) in [6.07, 6.45) is 2.90. The Bertz CT molecular complexity index is 485. The number of hydrogen-bond acceptors (Lipinski definition) is 3. The summed E-state index contributed by atoms with van der Waals surface area (Å²) < 4.78 is 0. The highest BCUT2D eigenvalue weighted by Crippen LogP contribution is 2.27. The Hall–Kier alpha value is -1.55. The van der Waals surface area contributed by atoms with Gasteiger partial charge in [-0.15, -0.1) is 0 Å². The van der Waals surface area contributed by atoms with Crippen LogP contribution in [0.25, 0.3) is 0 Å². The van der Waals surface area contributed by atoms with Gasteiger partial charge in [0.25, 0.3) is 0 Å². The number of nitrogens with one attached hydrogen (secondary N) is 1. The third-order valence-corrected chi connectivity index (χ3v) is 3.94. The molecule has 1 heterocycles. The first kappa shape index (κ1) is 15.8. The van der Waals surface area contributed by atoms with Crippen molar-refractivity contribution in [1.82, 2.24) is 10.2 Å². The quantitative estimate of drug-likeness (QED) is 0.867. The molecule has 1 aromatic rings. The van der Waals surface area contributed by atoms with E-state index in [9.17, 15) is 4.79 Å². The van der Waals surface area contributed by atoms with Crippen molar-refractivity contribution in [3.05, 3.63) is 29.3 Å². The van der Waals surface area contributed by atoms with Gasteiger partial charge >= 0.3 is 0 Å². The Morgan fingerprint density at radius 1 is 1.38 bits per heavy atom. The molecule has 0 aromatic heterocycles. The maximum atomic E-state index is 11.9. The molecule has 0 unspecified atom stereocenters. The van der Waals surface area contributed by atoms with Gasteiger partial charge in [0.05, 0.1) is 0 Å². The summed E-state index contributed by atoms with van der Waals surface area (Å²) in [6, 6.07) is 6.64. The van der Waals surface area contributed by atoms with E-state index in [0.717, 1.165) is 32.6 Å². The van der Waals surface area contributed by atoms with E-state index in [1.165, 1.54) is 23.2 Å². The fraction of sp³-hybridized carbons (Fsp3) is 0.588. The standard InChI is InChI=1S/C17H27N3O/c1-14-6-7-16-15(13-14)5-4-10-20(16)11-8-17(21)18-9-12-19(2)3/h6-7,13H,4-5,8-12H2,1-3H3,(H,18,21). The van der Waals surface area contributed by atoms with Crippen LogP contribution < -0.4 is 10.2 Å². The Kier molecular flexibility index (Phi) is 5.62. The number of hydrogen-bond donors (Lipinski definition) is 1. The average molecular weight is 289 g/mol. The number of carbonyl (C=O) groups excluding carboxylic acids is 1. The number of likely N-dealkylation sites (N-methyl/N-ethyl adjacent to an activating group) is 1. The van der Waals surface area contributed by atoms with Crippen molar-refractivity contribution in [2.75, 3.05) is 45.2 Å². The summed E-state index contributed by atoms with van der Waals surface area (Å²) in [5.41, 5.74) is 4.05. The minimum absolute atomic E-state index is 0.149. The van der Waals surface area contributed by atoms with Crippen molar-refractivity contribution in [3.8, 4) is 0 Å². The van der Waals surface area contributed by atoms with Crippen molar-refractivity contribution < 1.29 is 4.79 Å². The molecule has 2 rings (SSSR count). The number of amides is 1. The van der Waals surface area contributed by atoms with E-state index < -0.39 is 0 Å². The number of anilines is 1. The van der Waals surface area contributed by atoms with Crippen LogP contribution in [-0.4, -0.2) is 51.1 Å². The second-order valence-electron chi connectivity index (χ2n) is 6.13. The minimum Gasteiger partial charge on any atom is -0.371 e. The number of aryl methyl sites for hydroxylation is 2. The van der Waals surface area contributed by atoms with Gasteiger partial charge in [0.1, 0.15) is 0 Å². The van der Waals surface area contributed by atoms with Gasteiger partial charge in [0, 0.05) is 38.3 Å². The first-order chi connectivity index (χ1) is 10.1. The number of benzene rings is 1. The van der Waals surface area contributed by atoms with Crippen molar-refractivity contribution in [1.29, 1.82) is 0 Å². The lowest BCUT2D eigenvalue weighted by atomic mass is 9.99. The predicted octanol–water partition coefficient (Wildman–Crippen LogP) is 1.82. The van der Waals surface area contributed by atoms with Crippen LogP contribution >= 0.6 is 0 Å². The van der Waals surface area contributed by atoms with E-state index in [1.807, 2.05) is 14.1 Å². The molecule has 116 valence electrons. The monoisotopic (exact) mass is 289 g/mol. The maximum Gasteiger partial charge on any atom is 0.221 e. The van der Waals surface area contributed by atoms with Crippen molar-refractivity contribution >= 4 is 11.6 Å². The molecule has 1 aliphatic rings. The summed E-state index contributed by atoms with van der Waals surface area (Å²) in [5, 5.41) is 2.98. The molecule has 0 spiro atoms. The van der Waals surface area contributed by atoms with Crippen LogP contribution in [0.5, 0.6) is 0 Å². The Morgan fingerprint density at radius 2 is 2.19 bits per heavy atom. The minimum atomic E-state index is 0.149. The van der Waals surface area contributed by atoms with Crippen molar-refractivity contribution in [2.45, 2.75) is 26.2 Å². The van der Waals surface area contributed by atoms with E-state index >= 15 is 0 Å². The lowest BCUT2D eigenvalue weighted by Gasteiger charge is -2.31. The molecule has 0 atom stereocenters. The van der Waals surface area contributed by atoms with Gasteiger partial charge in [-0.2, -0.15) is 0 Å². The second kappa shape index (κ2) is 7.46. The largest absolute Gasteiger partial charge is 0.371 e. The van der Waals surface area contributed by atoms with Crippen LogP contribution in [0.3, 0.4) is 0 Å². The van der Waals surface area contributed by atoms with E-state index in [2.05, 4.69) is 40.2 Å². The van der Waals surface area contributed by atoms with E-state index in [1.54, 1.807) is 0 Å². The SMILES string of the molecule is Cc1ccc2c(c1)CCCN2CCC(=O)NCCN(C)C. The molecular weight excluding hydrogens is 262 g/mol. The number of rotatable bonds is 6. The molecule has 1 N–H and O–H groups in total. The van der Waals surface area contributed by atoms with Gasteiger partial charge in [0.2, 0.25) is 5.91 Å². The average Bonchev–Trinajstić information content (AvgIpc) is 2.44. The maximum absolute atomic E-state index is 11.9. The zero-order chi connectivity index (χ0) is 15.2. The first-order valence-electron chi connectivity index (χ1n) is 7.82. The highest BCUT2D eigenvalue weighted by molar-refractivity contribution is 5.76. The van der Waals surface area contributed by atoms with E-state index in [0.29, 0.717) is 6.42 Å². The van der Waals surface area contributed by atoms with Crippen LogP contribution in [-0.2, 0) is 11.2 Å². The number of fused-ring (bicyclic) bond motifs is 1. The molecule has 1 amide bonds. The highest BCUT2D eigenvalue weighted by atomic mass is 16.1. The summed E-state index contributed by atoms with van der Waals surface area (Å²) >= 11 is 0. The predicted molar refractivity (Wildman–Crippen MR) is 87.9 cm³/mol. The molecule has 0 fully saturated rings. The number of carbonyl (C=O) groups is 1. The zero-order valence-corrected chi connectivity index (χ0v) is 13.5. The molecule has 0 aliphatic carbocycles. The smallest absolute Gasteiger partial charge is 0.221 e. The van der Waals surface area contributed by atoms with Crippen LogP contribution in [0.15, 0.2) is 18.2 Å². The third-order valence-electron chi connectivity index (χ3n) is 3.94.